The lowest BCUT2D eigenvalue weighted by Gasteiger charge is -1.91. The second kappa shape index (κ2) is 3.41. The second-order valence-corrected chi connectivity index (χ2v) is 3.34. The molecule has 0 amide bonds. The molecule has 0 fully saturated rings. The Hall–Kier alpha value is -2.70. The number of nitrogens with one attached hydrogen (secondary N) is 1. The summed E-state index contributed by atoms with van der Waals surface area (Å²) in [7, 11) is 0. The van der Waals surface area contributed by atoms with Gasteiger partial charge < -0.3 is 9.52 Å². The lowest BCUT2D eigenvalue weighted by Crippen LogP contribution is -1.97. The zero-order valence-electron chi connectivity index (χ0n) is 8.41. The van der Waals surface area contributed by atoms with Gasteiger partial charge >= 0.3 is 5.97 Å². The van der Waals surface area contributed by atoms with Crippen LogP contribution < -0.4 is 0 Å². The van der Waals surface area contributed by atoms with Gasteiger partial charge in [-0.05, 0) is 11.3 Å². The number of nitrogens with zero attached hydrogens (tertiary/aromatic N) is 3. The number of carbonyl (C=O) groups is 1. The van der Waals surface area contributed by atoms with Gasteiger partial charge in [0, 0.05) is 5.39 Å². The Balaban J connectivity index is 2.38. The van der Waals surface area contributed by atoms with Gasteiger partial charge in [0.25, 0.3) is 0 Å². The van der Waals surface area contributed by atoms with Crippen molar-refractivity contribution in [3.63, 3.8) is 0 Å². The number of hydrogen-bond acceptors (Lipinski definition) is 5. The number of aromatic nitrogens is 4. The number of tetrazole rings is 1. The monoisotopic (exact) mass is 230 g/mol. The normalized spacial score (nSPS) is 10.8. The first-order valence-corrected chi connectivity index (χ1v) is 4.76. The Bertz CT molecular complexity index is 687. The van der Waals surface area contributed by atoms with Crippen molar-refractivity contribution >= 4 is 16.9 Å². The largest absolute Gasteiger partial charge is 0.478 e. The number of aromatic carboxylic acids is 1. The van der Waals surface area contributed by atoms with E-state index >= 15 is 0 Å². The Kier molecular flexibility index (Phi) is 1.91. The molecule has 7 heteroatoms. The van der Waals surface area contributed by atoms with Crippen molar-refractivity contribution in [1.29, 1.82) is 0 Å². The fourth-order valence-electron chi connectivity index (χ4n) is 1.67. The number of aromatic amines is 1. The van der Waals surface area contributed by atoms with Gasteiger partial charge in [-0.1, -0.05) is 18.2 Å². The molecule has 0 unspecified atom stereocenters. The average molecular weight is 230 g/mol. The topological polar surface area (TPSA) is 105 Å². The van der Waals surface area contributed by atoms with Crippen molar-refractivity contribution in [3.8, 4) is 11.6 Å². The number of H-pyrrole nitrogens is 1. The Morgan fingerprint density at radius 1 is 1.35 bits per heavy atom. The predicted molar refractivity (Wildman–Crippen MR) is 56.3 cm³/mol. The van der Waals surface area contributed by atoms with Crippen molar-refractivity contribution < 1.29 is 14.3 Å². The first-order valence-electron chi connectivity index (χ1n) is 4.76. The smallest absolute Gasteiger partial charge is 0.340 e. The van der Waals surface area contributed by atoms with Gasteiger partial charge in [0.15, 0.2) is 5.76 Å². The molecule has 3 rings (SSSR count). The minimum absolute atomic E-state index is 0.0435. The number of furan rings is 1. The summed E-state index contributed by atoms with van der Waals surface area (Å²) >= 11 is 0. The van der Waals surface area contributed by atoms with Gasteiger partial charge in [0.1, 0.15) is 11.1 Å². The summed E-state index contributed by atoms with van der Waals surface area (Å²) in [5.41, 5.74) is 0.520. The van der Waals surface area contributed by atoms with Crippen LogP contribution in [-0.4, -0.2) is 31.7 Å². The standard InChI is InChI=1S/C10H6N4O3/c15-10(16)7-5-3-1-2-4-6(5)17-8(7)9-11-13-14-12-9/h1-4H,(H,15,16)(H,11,12,13,14). The maximum Gasteiger partial charge on any atom is 0.340 e. The Morgan fingerprint density at radius 3 is 2.88 bits per heavy atom. The van der Waals surface area contributed by atoms with Gasteiger partial charge in [-0.25, -0.2) is 4.79 Å². The minimum Gasteiger partial charge on any atom is -0.478 e. The maximum atomic E-state index is 11.2. The van der Waals surface area contributed by atoms with Crippen LogP contribution in [0.1, 0.15) is 10.4 Å². The molecule has 1 aromatic carbocycles. The highest BCUT2D eigenvalue weighted by Crippen LogP contribution is 2.31. The molecule has 84 valence electrons. The van der Waals surface area contributed by atoms with E-state index in [0.29, 0.717) is 11.0 Å². The maximum absolute atomic E-state index is 11.2. The highest BCUT2D eigenvalue weighted by Gasteiger charge is 2.23. The highest BCUT2D eigenvalue weighted by atomic mass is 16.4. The van der Waals surface area contributed by atoms with E-state index in [2.05, 4.69) is 20.6 Å². The van der Waals surface area contributed by atoms with E-state index in [0.717, 1.165) is 0 Å². The molecule has 0 saturated carbocycles. The van der Waals surface area contributed by atoms with E-state index in [9.17, 15) is 9.90 Å². The molecule has 3 aromatic rings. The number of carboxylic acids is 1. The Morgan fingerprint density at radius 2 is 2.18 bits per heavy atom. The fraction of sp³-hybridized carbons (Fsp3) is 0. The second-order valence-electron chi connectivity index (χ2n) is 3.34. The molecule has 0 aliphatic heterocycles. The molecule has 2 N–H and O–H groups in total. The molecule has 0 aliphatic rings. The summed E-state index contributed by atoms with van der Waals surface area (Å²) in [5.74, 6) is -0.860. The lowest BCUT2D eigenvalue weighted by atomic mass is 10.1. The van der Waals surface area contributed by atoms with Crippen molar-refractivity contribution in [2.45, 2.75) is 0 Å². The van der Waals surface area contributed by atoms with Crippen LogP contribution in [0.15, 0.2) is 28.7 Å². The van der Waals surface area contributed by atoms with E-state index in [1.54, 1.807) is 24.3 Å². The SMILES string of the molecule is O=C(O)c1c(-c2nn[nH]n2)oc2ccccc12. The quantitative estimate of drug-likeness (QED) is 0.687. The number of benzene rings is 1. The third-order valence-electron chi connectivity index (χ3n) is 2.36. The van der Waals surface area contributed by atoms with Crippen molar-refractivity contribution in [2.24, 2.45) is 0 Å². The summed E-state index contributed by atoms with van der Waals surface area (Å²) < 4.78 is 5.44. The fourth-order valence-corrected chi connectivity index (χ4v) is 1.67. The number of fused-ring (bicyclic) bond motifs is 1. The van der Waals surface area contributed by atoms with Crippen LogP contribution in [0, 0.1) is 0 Å². The van der Waals surface area contributed by atoms with Crippen LogP contribution in [0.2, 0.25) is 0 Å². The molecule has 2 heterocycles. The molecule has 0 aliphatic carbocycles. The van der Waals surface area contributed by atoms with E-state index in [1.807, 2.05) is 0 Å². The first kappa shape index (κ1) is 9.52. The van der Waals surface area contributed by atoms with Crippen LogP contribution in [0.5, 0.6) is 0 Å². The van der Waals surface area contributed by atoms with E-state index < -0.39 is 5.97 Å². The van der Waals surface area contributed by atoms with Gasteiger partial charge in [-0.15, -0.1) is 10.2 Å². The molecular formula is C10H6N4O3. The molecule has 0 spiro atoms. The molecule has 0 bridgehead atoms. The summed E-state index contributed by atoms with van der Waals surface area (Å²) in [6.45, 7) is 0. The number of hydrogen-bond donors (Lipinski definition) is 2. The van der Waals surface area contributed by atoms with Crippen LogP contribution in [0.4, 0.5) is 0 Å². The third-order valence-corrected chi connectivity index (χ3v) is 2.36. The minimum atomic E-state index is -1.09. The Labute approximate surface area is 94.1 Å². The van der Waals surface area contributed by atoms with Crippen molar-refractivity contribution in [3.05, 3.63) is 29.8 Å². The average Bonchev–Trinajstić information content (AvgIpc) is 2.95. The summed E-state index contributed by atoms with van der Waals surface area (Å²) in [4.78, 5) is 11.2. The summed E-state index contributed by atoms with van der Waals surface area (Å²) in [6.07, 6.45) is 0. The molecule has 0 atom stereocenters. The number of carboxylic acid groups (broad SMARTS) is 1. The van der Waals surface area contributed by atoms with Crippen LogP contribution in [-0.2, 0) is 0 Å². The summed E-state index contributed by atoms with van der Waals surface area (Å²) in [5, 5.41) is 22.8. The predicted octanol–water partition coefficient (Wildman–Crippen LogP) is 1.31. The van der Waals surface area contributed by atoms with Gasteiger partial charge in [-0.2, -0.15) is 5.21 Å². The van der Waals surface area contributed by atoms with Gasteiger partial charge in [0.2, 0.25) is 5.82 Å². The summed E-state index contributed by atoms with van der Waals surface area (Å²) in [6, 6.07) is 6.86. The van der Waals surface area contributed by atoms with Crippen LogP contribution in [0.3, 0.4) is 0 Å². The highest BCUT2D eigenvalue weighted by molar-refractivity contribution is 6.07. The zero-order valence-corrected chi connectivity index (χ0v) is 8.41. The van der Waals surface area contributed by atoms with Gasteiger partial charge in [-0.3, -0.25) is 0 Å². The zero-order chi connectivity index (χ0) is 11.8. The third kappa shape index (κ3) is 1.36. The lowest BCUT2D eigenvalue weighted by molar-refractivity contribution is 0.0699. The molecule has 17 heavy (non-hydrogen) atoms. The van der Waals surface area contributed by atoms with Crippen LogP contribution in [0.25, 0.3) is 22.6 Å². The van der Waals surface area contributed by atoms with Crippen LogP contribution >= 0.6 is 0 Å². The number of rotatable bonds is 2. The molecule has 2 aromatic heterocycles. The van der Waals surface area contributed by atoms with Gasteiger partial charge in [0.05, 0.1) is 0 Å². The number of para-hydroxylation sites is 1. The molecule has 0 saturated heterocycles. The van der Waals surface area contributed by atoms with Crippen molar-refractivity contribution in [1.82, 2.24) is 20.6 Å². The van der Waals surface area contributed by atoms with E-state index in [-0.39, 0.29) is 17.1 Å². The molecule has 0 radical (unpaired) electrons. The first-order chi connectivity index (χ1) is 8.27. The molecule has 7 nitrogen and oxygen atoms in total. The molecular weight excluding hydrogens is 224 g/mol. The van der Waals surface area contributed by atoms with Crippen molar-refractivity contribution in [2.75, 3.05) is 0 Å². The van der Waals surface area contributed by atoms with E-state index in [4.69, 9.17) is 4.42 Å². The van der Waals surface area contributed by atoms with E-state index in [1.165, 1.54) is 0 Å².